The Bertz CT molecular complexity index is 925. The number of nitrogens with zero attached hydrogens (tertiary/aromatic N) is 3. The van der Waals surface area contributed by atoms with Crippen molar-refractivity contribution >= 4 is 12.2 Å². The van der Waals surface area contributed by atoms with Crippen molar-refractivity contribution in [3.63, 3.8) is 0 Å². The van der Waals surface area contributed by atoms with Crippen LogP contribution in [0.3, 0.4) is 0 Å². The zero-order valence-electron chi connectivity index (χ0n) is 16.9. The monoisotopic (exact) mass is 391 g/mol. The largest absolute Gasteiger partial charge is 0.492 e. The molecule has 3 aromatic rings. The summed E-state index contributed by atoms with van der Waals surface area (Å²) in [5, 5.41) is 0. The van der Waals surface area contributed by atoms with Gasteiger partial charge < -0.3 is 14.4 Å². The van der Waals surface area contributed by atoms with Gasteiger partial charge in [-0.05, 0) is 47.9 Å². The fourth-order valence-electron chi connectivity index (χ4n) is 2.66. The lowest BCUT2D eigenvalue weighted by molar-refractivity contribution is 0.112. The summed E-state index contributed by atoms with van der Waals surface area (Å²) in [4.78, 5) is 21.4. The Balaban J connectivity index is 1.55. The summed E-state index contributed by atoms with van der Waals surface area (Å²) in [6.07, 6.45) is 2.48. The molecule has 0 N–H and O–H groups in total. The van der Waals surface area contributed by atoms with Gasteiger partial charge in [-0.3, -0.25) is 4.79 Å². The van der Waals surface area contributed by atoms with Crippen molar-refractivity contribution in [2.45, 2.75) is 19.8 Å². The Morgan fingerprint density at radius 3 is 2.34 bits per heavy atom. The van der Waals surface area contributed by atoms with Crippen LogP contribution < -0.4 is 14.4 Å². The number of anilines is 1. The normalized spacial score (nSPS) is 10.6. The first-order valence-electron chi connectivity index (χ1n) is 9.55. The third kappa shape index (κ3) is 5.78. The Morgan fingerprint density at radius 1 is 1.00 bits per heavy atom. The molecule has 6 nitrogen and oxygen atoms in total. The summed E-state index contributed by atoms with van der Waals surface area (Å²) in [6.45, 7) is 5.38. The van der Waals surface area contributed by atoms with Crippen molar-refractivity contribution in [1.82, 2.24) is 9.97 Å². The van der Waals surface area contributed by atoms with Crippen molar-refractivity contribution in [3.8, 4) is 17.4 Å². The first-order chi connectivity index (χ1) is 14.0. The SMILES string of the molecule is CC(C)c1ccc(Oc2ccnc(N(C)CCOc3ccc(C=O)cc3)n2)cc1. The highest BCUT2D eigenvalue weighted by Crippen LogP contribution is 2.23. The van der Waals surface area contributed by atoms with Gasteiger partial charge in [0.25, 0.3) is 0 Å². The van der Waals surface area contributed by atoms with Gasteiger partial charge in [0.1, 0.15) is 24.4 Å². The Morgan fingerprint density at radius 2 is 1.69 bits per heavy atom. The third-order valence-electron chi connectivity index (χ3n) is 4.44. The van der Waals surface area contributed by atoms with E-state index in [4.69, 9.17) is 9.47 Å². The van der Waals surface area contributed by atoms with E-state index in [0.29, 0.717) is 42.2 Å². The van der Waals surface area contributed by atoms with Gasteiger partial charge in [-0.2, -0.15) is 4.98 Å². The number of rotatable bonds is 9. The standard InChI is InChI=1S/C23H25N3O3/c1-17(2)19-6-10-21(11-7-19)29-22-12-13-24-23(25-22)26(3)14-15-28-20-8-4-18(16-27)5-9-20/h4-13,16-17H,14-15H2,1-3H3. The molecule has 0 atom stereocenters. The number of carbonyl (C=O) groups is 1. The van der Waals surface area contributed by atoms with E-state index in [-0.39, 0.29) is 0 Å². The minimum atomic E-state index is 0.460. The molecule has 0 bridgehead atoms. The number of aromatic nitrogens is 2. The minimum Gasteiger partial charge on any atom is -0.492 e. The maximum absolute atomic E-state index is 10.7. The zero-order valence-corrected chi connectivity index (χ0v) is 16.9. The molecule has 0 aliphatic heterocycles. The van der Waals surface area contributed by atoms with Crippen LogP contribution in [0.5, 0.6) is 17.4 Å². The van der Waals surface area contributed by atoms with Crippen LogP contribution in [0, 0.1) is 0 Å². The van der Waals surface area contributed by atoms with Gasteiger partial charge in [-0.25, -0.2) is 4.98 Å². The average molecular weight is 391 g/mol. The van der Waals surface area contributed by atoms with Crippen LogP contribution in [0.25, 0.3) is 0 Å². The number of likely N-dealkylation sites (N-methyl/N-ethyl adjacent to an activating group) is 1. The van der Waals surface area contributed by atoms with E-state index in [0.717, 1.165) is 12.0 Å². The maximum Gasteiger partial charge on any atom is 0.228 e. The Hall–Kier alpha value is -3.41. The average Bonchev–Trinajstić information content (AvgIpc) is 2.75. The molecule has 1 aromatic heterocycles. The lowest BCUT2D eigenvalue weighted by Gasteiger charge is -2.18. The first-order valence-corrected chi connectivity index (χ1v) is 9.55. The number of carbonyl (C=O) groups excluding carboxylic acids is 1. The summed E-state index contributed by atoms with van der Waals surface area (Å²) in [5.41, 5.74) is 1.89. The molecule has 0 fully saturated rings. The predicted octanol–water partition coefficient (Wildman–Crippen LogP) is 4.72. The van der Waals surface area contributed by atoms with E-state index in [1.165, 1.54) is 5.56 Å². The van der Waals surface area contributed by atoms with E-state index < -0.39 is 0 Å². The summed E-state index contributed by atoms with van der Waals surface area (Å²) < 4.78 is 11.6. The second-order valence-electron chi connectivity index (χ2n) is 6.98. The number of hydrogen-bond acceptors (Lipinski definition) is 6. The van der Waals surface area contributed by atoms with Crippen molar-refractivity contribution in [2.75, 3.05) is 25.1 Å². The van der Waals surface area contributed by atoms with Crippen molar-refractivity contribution in [2.24, 2.45) is 0 Å². The number of hydrogen-bond donors (Lipinski definition) is 0. The topological polar surface area (TPSA) is 64.6 Å². The van der Waals surface area contributed by atoms with Gasteiger partial charge in [-0.15, -0.1) is 0 Å². The lowest BCUT2D eigenvalue weighted by atomic mass is 10.0. The molecular formula is C23H25N3O3. The van der Waals surface area contributed by atoms with Gasteiger partial charge in [0, 0.05) is 24.9 Å². The first kappa shape index (κ1) is 20.3. The van der Waals surface area contributed by atoms with Gasteiger partial charge in [0.2, 0.25) is 11.8 Å². The van der Waals surface area contributed by atoms with Crippen LogP contribution in [0.2, 0.25) is 0 Å². The van der Waals surface area contributed by atoms with Crippen molar-refractivity contribution in [1.29, 1.82) is 0 Å². The molecule has 0 aliphatic carbocycles. The Kier molecular flexibility index (Phi) is 6.79. The third-order valence-corrected chi connectivity index (χ3v) is 4.44. The van der Waals surface area contributed by atoms with Crippen LogP contribution in [0.15, 0.2) is 60.8 Å². The lowest BCUT2D eigenvalue weighted by Crippen LogP contribution is -2.25. The molecule has 0 aliphatic rings. The molecule has 0 spiro atoms. The highest BCUT2D eigenvalue weighted by Gasteiger charge is 2.08. The summed E-state index contributed by atoms with van der Waals surface area (Å²) in [7, 11) is 1.90. The highest BCUT2D eigenvalue weighted by atomic mass is 16.5. The fourth-order valence-corrected chi connectivity index (χ4v) is 2.66. The van der Waals surface area contributed by atoms with Gasteiger partial charge >= 0.3 is 0 Å². The van der Waals surface area contributed by atoms with Gasteiger partial charge in [0.05, 0.1) is 6.54 Å². The molecule has 3 rings (SSSR count). The molecule has 2 aromatic carbocycles. The van der Waals surface area contributed by atoms with Crippen LogP contribution in [-0.2, 0) is 0 Å². The van der Waals surface area contributed by atoms with Crippen LogP contribution in [-0.4, -0.2) is 36.5 Å². The molecule has 1 heterocycles. The second-order valence-corrected chi connectivity index (χ2v) is 6.98. The predicted molar refractivity (Wildman–Crippen MR) is 113 cm³/mol. The van der Waals surface area contributed by atoms with E-state index in [2.05, 4.69) is 35.9 Å². The van der Waals surface area contributed by atoms with Crippen LogP contribution >= 0.6 is 0 Å². The second kappa shape index (κ2) is 9.68. The van der Waals surface area contributed by atoms with E-state index in [1.54, 1.807) is 36.5 Å². The molecule has 150 valence electrons. The molecule has 0 amide bonds. The van der Waals surface area contributed by atoms with Gasteiger partial charge in [0.15, 0.2) is 0 Å². The quantitative estimate of drug-likeness (QED) is 0.492. The molecule has 6 heteroatoms. The van der Waals surface area contributed by atoms with Gasteiger partial charge in [-0.1, -0.05) is 26.0 Å². The molecule has 29 heavy (non-hydrogen) atoms. The summed E-state index contributed by atoms with van der Waals surface area (Å²) >= 11 is 0. The Labute approximate surface area is 171 Å². The zero-order chi connectivity index (χ0) is 20.6. The molecule has 0 saturated heterocycles. The van der Waals surface area contributed by atoms with E-state index in [9.17, 15) is 4.79 Å². The molecular weight excluding hydrogens is 366 g/mol. The van der Waals surface area contributed by atoms with Crippen molar-refractivity contribution in [3.05, 3.63) is 71.9 Å². The summed E-state index contributed by atoms with van der Waals surface area (Å²) in [5.74, 6) is 2.98. The minimum absolute atomic E-state index is 0.460. The molecule has 0 radical (unpaired) electrons. The van der Waals surface area contributed by atoms with E-state index >= 15 is 0 Å². The van der Waals surface area contributed by atoms with Crippen LogP contribution in [0.1, 0.15) is 35.7 Å². The summed E-state index contributed by atoms with van der Waals surface area (Å²) in [6, 6.07) is 16.8. The van der Waals surface area contributed by atoms with Crippen molar-refractivity contribution < 1.29 is 14.3 Å². The highest BCUT2D eigenvalue weighted by molar-refractivity contribution is 5.74. The number of ether oxygens (including phenoxy) is 2. The molecule has 0 unspecified atom stereocenters. The molecule has 0 saturated carbocycles. The fraction of sp³-hybridized carbons (Fsp3) is 0.261. The maximum atomic E-state index is 10.7. The smallest absolute Gasteiger partial charge is 0.228 e. The number of aldehydes is 1. The van der Waals surface area contributed by atoms with E-state index in [1.807, 2.05) is 24.1 Å². The van der Waals surface area contributed by atoms with Crippen LogP contribution in [0.4, 0.5) is 5.95 Å². The number of benzene rings is 2.